The van der Waals surface area contributed by atoms with Crippen LogP contribution in [0.1, 0.15) is 80.5 Å². The van der Waals surface area contributed by atoms with Crippen molar-refractivity contribution in [2.45, 2.75) is 71.9 Å². The lowest BCUT2D eigenvalue weighted by atomic mass is 9.99. The van der Waals surface area contributed by atoms with Gasteiger partial charge in [-0.2, -0.15) is 0 Å². The average molecular weight is 490 g/mol. The minimum Gasteiger partial charge on any atom is -0.480 e. The third-order valence-electron chi connectivity index (χ3n) is 6.23. The largest absolute Gasteiger partial charge is 0.480 e. The second-order valence-electron chi connectivity index (χ2n) is 8.57. The summed E-state index contributed by atoms with van der Waals surface area (Å²) in [6.45, 7) is 8.33. The Balaban J connectivity index is 1.94. The number of thiophene rings is 1. The van der Waals surface area contributed by atoms with E-state index in [0.29, 0.717) is 24.4 Å². The number of benzene rings is 1. The van der Waals surface area contributed by atoms with E-state index in [-0.39, 0.29) is 5.92 Å². The molecular weight excluding hydrogens is 458 g/mol. The van der Waals surface area contributed by atoms with Crippen molar-refractivity contribution in [2.75, 3.05) is 0 Å². The number of fused-ring (bicyclic) bond motifs is 1. The predicted octanol–water partition coefficient (Wildman–Crippen LogP) is 6.32. The lowest BCUT2D eigenvalue weighted by Gasteiger charge is -2.19. The first-order valence-corrected chi connectivity index (χ1v) is 12.7. The maximum absolute atomic E-state index is 12.9. The summed E-state index contributed by atoms with van der Waals surface area (Å²) in [5.41, 5.74) is 2.13. The SMILES string of the molecule is CCC(C)C[C@H](NC(=O)c1ccc2c(c1)nc(Cc1ccc(Cl)s1)n2C(CC)CC)C(=O)O. The lowest BCUT2D eigenvalue weighted by molar-refractivity contribution is -0.139. The monoisotopic (exact) mass is 489 g/mol. The summed E-state index contributed by atoms with van der Waals surface area (Å²) in [6, 6.07) is 8.74. The molecule has 178 valence electrons. The van der Waals surface area contributed by atoms with Crippen LogP contribution in [-0.2, 0) is 11.2 Å². The van der Waals surface area contributed by atoms with Crippen LogP contribution in [0.15, 0.2) is 30.3 Å². The third kappa shape index (κ3) is 5.95. The quantitative estimate of drug-likeness (QED) is 0.330. The Morgan fingerprint density at radius 3 is 2.45 bits per heavy atom. The van der Waals surface area contributed by atoms with E-state index >= 15 is 0 Å². The highest BCUT2D eigenvalue weighted by Crippen LogP contribution is 2.30. The molecule has 0 radical (unpaired) electrons. The summed E-state index contributed by atoms with van der Waals surface area (Å²) in [5, 5.41) is 12.2. The van der Waals surface area contributed by atoms with Crippen molar-refractivity contribution in [3.8, 4) is 0 Å². The fraction of sp³-hybridized carbons (Fsp3) is 0.480. The Hall–Kier alpha value is -2.38. The van der Waals surface area contributed by atoms with Crippen molar-refractivity contribution in [1.29, 1.82) is 0 Å². The van der Waals surface area contributed by atoms with Crippen LogP contribution in [0, 0.1) is 5.92 Å². The van der Waals surface area contributed by atoms with Crippen LogP contribution < -0.4 is 5.32 Å². The minimum absolute atomic E-state index is 0.206. The van der Waals surface area contributed by atoms with Crippen molar-refractivity contribution < 1.29 is 14.7 Å². The van der Waals surface area contributed by atoms with Crippen molar-refractivity contribution in [3.05, 3.63) is 50.9 Å². The van der Waals surface area contributed by atoms with Gasteiger partial charge in [0.2, 0.25) is 0 Å². The highest BCUT2D eigenvalue weighted by atomic mass is 35.5. The molecule has 0 spiro atoms. The van der Waals surface area contributed by atoms with E-state index in [1.54, 1.807) is 23.5 Å². The number of nitrogens with one attached hydrogen (secondary N) is 1. The van der Waals surface area contributed by atoms with Gasteiger partial charge in [-0.1, -0.05) is 45.7 Å². The summed E-state index contributed by atoms with van der Waals surface area (Å²) < 4.78 is 3.02. The van der Waals surface area contributed by atoms with Gasteiger partial charge in [0, 0.05) is 22.9 Å². The second-order valence-corrected chi connectivity index (χ2v) is 10.4. The van der Waals surface area contributed by atoms with Gasteiger partial charge < -0.3 is 15.0 Å². The number of nitrogens with zero attached hydrogens (tertiary/aromatic N) is 2. The maximum atomic E-state index is 12.9. The maximum Gasteiger partial charge on any atom is 0.326 e. The fourth-order valence-electron chi connectivity index (χ4n) is 4.11. The molecule has 0 saturated heterocycles. The number of amides is 1. The van der Waals surface area contributed by atoms with Gasteiger partial charge in [0.15, 0.2) is 0 Å². The zero-order valence-corrected chi connectivity index (χ0v) is 21.2. The van der Waals surface area contributed by atoms with Gasteiger partial charge in [-0.3, -0.25) is 4.79 Å². The van der Waals surface area contributed by atoms with Gasteiger partial charge in [0.1, 0.15) is 11.9 Å². The van der Waals surface area contributed by atoms with Crippen molar-refractivity contribution >= 4 is 45.8 Å². The molecule has 2 aromatic heterocycles. The number of carboxylic acid groups (broad SMARTS) is 1. The van der Waals surface area contributed by atoms with Crippen LogP contribution in [0.3, 0.4) is 0 Å². The summed E-state index contributed by atoms with van der Waals surface area (Å²) in [7, 11) is 0. The Bertz CT molecular complexity index is 1120. The molecule has 0 bridgehead atoms. The van der Waals surface area contributed by atoms with Gasteiger partial charge in [-0.25, -0.2) is 9.78 Å². The van der Waals surface area contributed by atoms with Gasteiger partial charge in [0.05, 0.1) is 15.4 Å². The van der Waals surface area contributed by atoms with Crippen LogP contribution >= 0.6 is 22.9 Å². The molecule has 3 rings (SSSR count). The topological polar surface area (TPSA) is 84.2 Å². The molecule has 2 heterocycles. The molecule has 0 saturated carbocycles. The van der Waals surface area contributed by atoms with Crippen molar-refractivity contribution in [3.63, 3.8) is 0 Å². The number of hydrogen-bond donors (Lipinski definition) is 2. The van der Waals surface area contributed by atoms with Gasteiger partial charge in [-0.15, -0.1) is 11.3 Å². The number of aliphatic carboxylic acids is 1. The first kappa shape index (κ1) is 25.2. The summed E-state index contributed by atoms with van der Waals surface area (Å²) in [6.07, 6.45) is 3.87. The number of rotatable bonds is 11. The van der Waals surface area contributed by atoms with Crippen LogP contribution in [0.4, 0.5) is 0 Å². The molecule has 0 aliphatic rings. The molecule has 8 heteroatoms. The molecule has 2 atom stereocenters. The number of halogens is 1. The Kier molecular flexibility index (Phi) is 8.54. The molecule has 1 aromatic carbocycles. The molecule has 0 aliphatic heterocycles. The van der Waals surface area contributed by atoms with Crippen LogP contribution in [-0.4, -0.2) is 32.6 Å². The number of imidazole rings is 1. The lowest BCUT2D eigenvalue weighted by Crippen LogP contribution is -2.41. The Labute approximate surface area is 204 Å². The minimum atomic E-state index is -1.01. The number of aromatic nitrogens is 2. The molecule has 0 aliphatic carbocycles. The number of carbonyl (C=O) groups excluding carboxylic acids is 1. The Morgan fingerprint density at radius 2 is 1.88 bits per heavy atom. The van der Waals surface area contributed by atoms with Gasteiger partial charge >= 0.3 is 5.97 Å². The molecule has 33 heavy (non-hydrogen) atoms. The highest BCUT2D eigenvalue weighted by molar-refractivity contribution is 7.16. The first-order chi connectivity index (χ1) is 15.8. The van der Waals surface area contributed by atoms with E-state index in [2.05, 4.69) is 23.7 Å². The van der Waals surface area contributed by atoms with E-state index in [1.807, 2.05) is 32.0 Å². The zero-order valence-electron chi connectivity index (χ0n) is 19.6. The molecule has 1 amide bonds. The van der Waals surface area contributed by atoms with Crippen molar-refractivity contribution in [2.24, 2.45) is 5.92 Å². The fourth-order valence-corrected chi connectivity index (χ4v) is 5.19. The van der Waals surface area contributed by atoms with Crippen LogP contribution in [0.5, 0.6) is 0 Å². The Morgan fingerprint density at radius 1 is 1.15 bits per heavy atom. The first-order valence-electron chi connectivity index (χ1n) is 11.6. The number of carboxylic acids is 1. The summed E-state index contributed by atoms with van der Waals surface area (Å²) in [5.74, 6) is -0.260. The van der Waals surface area contributed by atoms with Crippen molar-refractivity contribution in [1.82, 2.24) is 14.9 Å². The molecular formula is C25H32ClN3O3S. The van der Waals surface area contributed by atoms with Gasteiger partial charge in [0.25, 0.3) is 5.91 Å². The molecule has 1 unspecified atom stereocenters. The van der Waals surface area contributed by atoms with E-state index in [9.17, 15) is 14.7 Å². The van der Waals surface area contributed by atoms with Crippen LogP contribution in [0.25, 0.3) is 11.0 Å². The number of hydrogen-bond acceptors (Lipinski definition) is 4. The van der Waals surface area contributed by atoms with E-state index in [4.69, 9.17) is 16.6 Å². The molecule has 2 N–H and O–H groups in total. The molecule has 0 fully saturated rings. The highest BCUT2D eigenvalue weighted by Gasteiger charge is 2.24. The molecule has 3 aromatic rings. The normalized spacial score (nSPS) is 13.4. The average Bonchev–Trinajstić information content (AvgIpc) is 3.36. The van der Waals surface area contributed by atoms with E-state index in [0.717, 1.165) is 45.3 Å². The summed E-state index contributed by atoms with van der Waals surface area (Å²) in [4.78, 5) is 30.6. The predicted molar refractivity (Wildman–Crippen MR) is 134 cm³/mol. The van der Waals surface area contributed by atoms with Crippen LogP contribution in [0.2, 0.25) is 4.34 Å². The van der Waals surface area contributed by atoms with Gasteiger partial charge in [-0.05, 0) is 55.5 Å². The smallest absolute Gasteiger partial charge is 0.326 e. The molecule has 6 nitrogen and oxygen atoms in total. The zero-order chi connectivity index (χ0) is 24.1. The number of carbonyl (C=O) groups is 2. The van der Waals surface area contributed by atoms with E-state index in [1.165, 1.54) is 0 Å². The standard InChI is InChI=1S/C25H32ClN3O3S/c1-5-15(4)12-20(25(31)32)28-24(30)16-8-10-21-19(13-16)27-23(29(21)17(6-2)7-3)14-18-9-11-22(26)33-18/h8-11,13,15,17,20H,5-7,12,14H2,1-4H3,(H,28,30)(H,31,32)/t15?,20-/m0/s1. The second kappa shape index (κ2) is 11.2. The summed E-state index contributed by atoms with van der Waals surface area (Å²) >= 11 is 7.67. The third-order valence-corrected chi connectivity index (χ3v) is 7.46. The van der Waals surface area contributed by atoms with E-state index < -0.39 is 17.9 Å².